The minimum atomic E-state index is 0.187. The van der Waals surface area contributed by atoms with Crippen LogP contribution in [0.3, 0.4) is 0 Å². The monoisotopic (exact) mass is 136 g/mol. The van der Waals surface area contributed by atoms with E-state index in [1.165, 1.54) is 12.3 Å². The highest BCUT2D eigenvalue weighted by atomic mass is 17.8. The average molecular weight is 136 g/mol. The Morgan fingerprint density at radius 3 is 2.89 bits per heavy atom. The molecule has 0 amide bonds. The first-order chi connectivity index (χ1) is 4.50. The van der Waals surface area contributed by atoms with Crippen LogP contribution in [0, 0.1) is 0 Å². The largest absolute Gasteiger partial charge is 0.314 e. The highest BCUT2D eigenvalue weighted by Crippen LogP contribution is 1.91. The van der Waals surface area contributed by atoms with Crippen molar-refractivity contribution in [2.45, 2.75) is 0 Å². The molecular formula is C3H4O6. The van der Waals surface area contributed by atoms with Gasteiger partial charge in [0, 0.05) is 10.1 Å². The van der Waals surface area contributed by atoms with Crippen LogP contribution >= 0.6 is 0 Å². The fourth-order valence-corrected chi connectivity index (χ4v) is 0.227. The zero-order chi connectivity index (χ0) is 6.36. The third-order valence-corrected chi connectivity index (χ3v) is 0.487. The van der Waals surface area contributed by atoms with Gasteiger partial charge in [-0.2, -0.15) is 4.89 Å². The number of hydrogen-bond donors (Lipinski definition) is 0. The predicted molar refractivity (Wildman–Crippen MR) is 20.5 cm³/mol. The molecule has 52 valence electrons. The Kier molecular flexibility index (Phi) is 3.04. The maximum Gasteiger partial charge on any atom is 0.131 e. The highest BCUT2D eigenvalue weighted by molar-refractivity contribution is 4.70. The van der Waals surface area contributed by atoms with Gasteiger partial charge in [-0.1, -0.05) is 0 Å². The van der Waals surface area contributed by atoms with Gasteiger partial charge in [-0.25, -0.2) is 0 Å². The zero-order valence-electron chi connectivity index (χ0n) is 4.31. The standard InChI is InChI=1S/C3H4O6/c1-2-4-6-8-9-7-5-3-1/h1-2H,3H2/b2-1-. The molecule has 0 atom stereocenters. The Bertz CT molecular complexity index is 80.3. The Balaban J connectivity index is 2.15. The summed E-state index contributed by atoms with van der Waals surface area (Å²) in [6, 6.07) is 0. The lowest BCUT2D eigenvalue weighted by Gasteiger charge is -1.93. The van der Waals surface area contributed by atoms with Crippen molar-refractivity contribution in [3.63, 3.8) is 0 Å². The lowest BCUT2D eigenvalue weighted by Crippen LogP contribution is -1.96. The van der Waals surface area contributed by atoms with E-state index >= 15 is 0 Å². The first-order valence-electron chi connectivity index (χ1n) is 2.10. The number of hydrogen-bond acceptors (Lipinski definition) is 6. The Hall–Kier alpha value is -0.660. The van der Waals surface area contributed by atoms with Crippen molar-refractivity contribution in [1.82, 2.24) is 0 Å². The molecule has 0 spiro atoms. The van der Waals surface area contributed by atoms with Crippen molar-refractivity contribution in [3.8, 4) is 0 Å². The van der Waals surface area contributed by atoms with Crippen LogP contribution in [0.2, 0.25) is 0 Å². The van der Waals surface area contributed by atoms with Crippen molar-refractivity contribution >= 4 is 0 Å². The quantitative estimate of drug-likeness (QED) is 0.443. The summed E-state index contributed by atoms with van der Waals surface area (Å²) in [6.07, 6.45) is 2.69. The second-order valence-electron chi connectivity index (χ2n) is 1.02. The summed E-state index contributed by atoms with van der Waals surface area (Å²) < 4.78 is 0. The summed E-state index contributed by atoms with van der Waals surface area (Å²) in [7, 11) is 0. The third-order valence-electron chi connectivity index (χ3n) is 0.487. The fourth-order valence-electron chi connectivity index (χ4n) is 0.227. The maximum absolute atomic E-state index is 4.26. The van der Waals surface area contributed by atoms with Crippen LogP contribution in [0.4, 0.5) is 0 Å². The minimum absolute atomic E-state index is 0.187. The lowest BCUT2D eigenvalue weighted by atomic mass is 10.7. The van der Waals surface area contributed by atoms with Gasteiger partial charge in [-0.15, -0.1) is 0 Å². The molecule has 0 fully saturated rings. The number of rotatable bonds is 0. The molecule has 0 aliphatic carbocycles. The molecule has 0 N–H and O–H groups in total. The molecule has 0 saturated carbocycles. The van der Waals surface area contributed by atoms with Gasteiger partial charge in [0.05, 0.1) is 0 Å². The molecule has 0 aromatic carbocycles. The second-order valence-corrected chi connectivity index (χ2v) is 1.02. The van der Waals surface area contributed by atoms with E-state index in [1.807, 2.05) is 0 Å². The van der Waals surface area contributed by atoms with Crippen LogP contribution in [-0.2, 0) is 29.9 Å². The Morgan fingerprint density at radius 1 is 1.00 bits per heavy atom. The smallest absolute Gasteiger partial charge is 0.131 e. The third kappa shape index (κ3) is 3.01. The zero-order valence-corrected chi connectivity index (χ0v) is 4.31. The molecule has 0 radical (unpaired) electrons. The molecule has 1 heterocycles. The average Bonchev–Trinajstić information content (AvgIpc) is 2.00. The first-order valence-corrected chi connectivity index (χ1v) is 2.10. The van der Waals surface area contributed by atoms with Crippen LogP contribution in [0.5, 0.6) is 0 Å². The lowest BCUT2D eigenvalue weighted by molar-refractivity contribution is -0.749. The van der Waals surface area contributed by atoms with Crippen molar-refractivity contribution in [2.24, 2.45) is 0 Å². The Labute approximate surface area is 50.1 Å². The first kappa shape index (κ1) is 6.46. The van der Waals surface area contributed by atoms with Gasteiger partial charge in [0.15, 0.2) is 0 Å². The van der Waals surface area contributed by atoms with Crippen LogP contribution in [0.15, 0.2) is 12.3 Å². The van der Waals surface area contributed by atoms with E-state index < -0.39 is 0 Å². The van der Waals surface area contributed by atoms with Crippen LogP contribution in [0.25, 0.3) is 0 Å². The molecule has 1 rings (SSSR count). The van der Waals surface area contributed by atoms with Gasteiger partial charge in [-0.3, -0.25) is 0 Å². The summed E-state index contributed by atoms with van der Waals surface area (Å²) >= 11 is 0. The van der Waals surface area contributed by atoms with Crippen LogP contribution in [-0.4, -0.2) is 6.61 Å². The molecule has 1 aliphatic rings. The topological polar surface area (TPSA) is 55.4 Å². The van der Waals surface area contributed by atoms with Gasteiger partial charge in [0.1, 0.15) is 12.9 Å². The Morgan fingerprint density at radius 2 is 1.89 bits per heavy atom. The summed E-state index contributed by atoms with van der Waals surface area (Å²) in [5.41, 5.74) is 0. The van der Waals surface area contributed by atoms with Gasteiger partial charge < -0.3 is 4.89 Å². The van der Waals surface area contributed by atoms with E-state index in [2.05, 4.69) is 29.9 Å². The van der Waals surface area contributed by atoms with Crippen LogP contribution in [0.1, 0.15) is 0 Å². The minimum Gasteiger partial charge on any atom is -0.314 e. The molecule has 0 bridgehead atoms. The van der Waals surface area contributed by atoms with Gasteiger partial charge >= 0.3 is 0 Å². The molecule has 0 saturated heterocycles. The highest BCUT2D eigenvalue weighted by Gasteiger charge is 1.92. The second kappa shape index (κ2) is 4.24. The van der Waals surface area contributed by atoms with E-state index in [-0.39, 0.29) is 6.61 Å². The van der Waals surface area contributed by atoms with E-state index in [0.29, 0.717) is 0 Å². The predicted octanol–water partition coefficient (Wildman–Crippen LogP) is 0.188. The normalized spacial score (nSPS) is 24.9. The molecular weight excluding hydrogens is 132 g/mol. The van der Waals surface area contributed by atoms with Crippen molar-refractivity contribution < 1.29 is 29.9 Å². The molecule has 6 heteroatoms. The molecule has 9 heavy (non-hydrogen) atoms. The summed E-state index contributed by atoms with van der Waals surface area (Å²) in [5.74, 6) is 0. The molecule has 0 aromatic heterocycles. The summed E-state index contributed by atoms with van der Waals surface area (Å²) in [5, 5.41) is 15.2. The van der Waals surface area contributed by atoms with Gasteiger partial charge in [-0.05, 0) is 16.2 Å². The summed E-state index contributed by atoms with van der Waals surface area (Å²) in [6.45, 7) is 0.187. The molecule has 0 unspecified atom stereocenters. The van der Waals surface area contributed by atoms with Crippen LogP contribution < -0.4 is 0 Å². The molecule has 6 nitrogen and oxygen atoms in total. The van der Waals surface area contributed by atoms with Crippen molar-refractivity contribution in [3.05, 3.63) is 12.3 Å². The van der Waals surface area contributed by atoms with Crippen molar-refractivity contribution in [1.29, 1.82) is 0 Å². The van der Waals surface area contributed by atoms with E-state index in [9.17, 15) is 0 Å². The SMILES string of the molecule is C1=C\OOOOOOC/1. The summed E-state index contributed by atoms with van der Waals surface area (Å²) in [4.78, 5) is 8.43. The van der Waals surface area contributed by atoms with E-state index in [0.717, 1.165) is 0 Å². The van der Waals surface area contributed by atoms with E-state index in [4.69, 9.17) is 0 Å². The van der Waals surface area contributed by atoms with Gasteiger partial charge in [0.2, 0.25) is 0 Å². The molecule has 1 aliphatic heterocycles. The fraction of sp³-hybridized carbons (Fsp3) is 0.333. The maximum atomic E-state index is 4.26. The molecule has 0 aromatic rings. The van der Waals surface area contributed by atoms with E-state index in [1.54, 1.807) is 0 Å². The van der Waals surface area contributed by atoms with Crippen molar-refractivity contribution in [2.75, 3.05) is 6.61 Å². The van der Waals surface area contributed by atoms with Gasteiger partial charge in [0.25, 0.3) is 0 Å².